The van der Waals surface area contributed by atoms with Gasteiger partial charge in [-0.3, -0.25) is 14.8 Å². The van der Waals surface area contributed by atoms with E-state index >= 15 is 0 Å². The number of carbonyl (C=O) groups is 1. The fourth-order valence-electron chi connectivity index (χ4n) is 1.01. The Bertz CT molecular complexity index is 273. The van der Waals surface area contributed by atoms with Gasteiger partial charge in [0.2, 0.25) is 5.91 Å². The van der Waals surface area contributed by atoms with Crippen molar-refractivity contribution in [3.8, 4) is 0 Å². The third-order valence-electron chi connectivity index (χ3n) is 1.74. The van der Waals surface area contributed by atoms with Gasteiger partial charge in [0.1, 0.15) is 0 Å². The summed E-state index contributed by atoms with van der Waals surface area (Å²) < 4.78 is 0. The van der Waals surface area contributed by atoms with Crippen LogP contribution in [0.2, 0.25) is 0 Å². The van der Waals surface area contributed by atoms with Crippen molar-refractivity contribution < 1.29 is 4.79 Å². The van der Waals surface area contributed by atoms with Gasteiger partial charge in [-0.15, -0.1) is 0 Å². The van der Waals surface area contributed by atoms with Crippen molar-refractivity contribution in [2.75, 3.05) is 7.05 Å². The molecule has 1 rings (SSSR count). The SMILES string of the molecule is CCC(=O)N(C)Cc1cnccn1. The molecule has 1 heterocycles. The number of carbonyl (C=O) groups excluding carboxylic acids is 1. The molecule has 0 aromatic carbocycles. The van der Waals surface area contributed by atoms with Crippen LogP contribution >= 0.6 is 0 Å². The van der Waals surface area contributed by atoms with Crippen LogP contribution in [0.25, 0.3) is 0 Å². The monoisotopic (exact) mass is 179 g/mol. The highest BCUT2D eigenvalue weighted by atomic mass is 16.2. The third kappa shape index (κ3) is 2.82. The Hall–Kier alpha value is -1.45. The van der Waals surface area contributed by atoms with Crippen LogP contribution in [-0.4, -0.2) is 27.8 Å². The minimum atomic E-state index is 0.116. The fourth-order valence-corrected chi connectivity index (χ4v) is 1.01. The van der Waals surface area contributed by atoms with Crippen molar-refractivity contribution in [2.45, 2.75) is 19.9 Å². The van der Waals surface area contributed by atoms with Gasteiger partial charge in [-0.2, -0.15) is 0 Å². The molecule has 0 saturated carbocycles. The fraction of sp³-hybridized carbons (Fsp3) is 0.444. The first-order valence-corrected chi connectivity index (χ1v) is 4.23. The molecule has 4 nitrogen and oxygen atoms in total. The molecule has 70 valence electrons. The lowest BCUT2D eigenvalue weighted by molar-refractivity contribution is -0.130. The van der Waals surface area contributed by atoms with Gasteiger partial charge in [0.05, 0.1) is 18.4 Å². The van der Waals surface area contributed by atoms with Gasteiger partial charge in [0.25, 0.3) is 0 Å². The van der Waals surface area contributed by atoms with E-state index in [4.69, 9.17) is 0 Å². The van der Waals surface area contributed by atoms with Gasteiger partial charge in [-0.05, 0) is 0 Å². The standard InChI is InChI=1S/C9H13N3O/c1-3-9(13)12(2)7-8-6-10-4-5-11-8/h4-6H,3,7H2,1-2H3. The lowest BCUT2D eigenvalue weighted by Crippen LogP contribution is -2.25. The molecule has 1 aromatic heterocycles. The zero-order valence-electron chi connectivity index (χ0n) is 7.90. The quantitative estimate of drug-likeness (QED) is 0.691. The Balaban J connectivity index is 2.55. The van der Waals surface area contributed by atoms with Crippen molar-refractivity contribution in [3.05, 3.63) is 24.3 Å². The maximum Gasteiger partial charge on any atom is 0.222 e. The summed E-state index contributed by atoms with van der Waals surface area (Å²) in [5, 5.41) is 0. The number of hydrogen-bond donors (Lipinski definition) is 0. The summed E-state index contributed by atoms with van der Waals surface area (Å²) in [5.41, 5.74) is 0.812. The van der Waals surface area contributed by atoms with E-state index in [-0.39, 0.29) is 5.91 Å². The van der Waals surface area contributed by atoms with Crippen LogP contribution in [0, 0.1) is 0 Å². The summed E-state index contributed by atoms with van der Waals surface area (Å²) in [6, 6.07) is 0. The molecule has 0 radical (unpaired) electrons. The van der Waals surface area contributed by atoms with Crippen molar-refractivity contribution in [1.29, 1.82) is 0 Å². The normalized spacial score (nSPS) is 9.69. The summed E-state index contributed by atoms with van der Waals surface area (Å²) in [5.74, 6) is 0.116. The van der Waals surface area contributed by atoms with Crippen molar-refractivity contribution in [3.63, 3.8) is 0 Å². The molecule has 4 heteroatoms. The van der Waals surface area contributed by atoms with Gasteiger partial charge >= 0.3 is 0 Å². The molecule has 0 bridgehead atoms. The highest BCUT2D eigenvalue weighted by molar-refractivity contribution is 5.75. The van der Waals surface area contributed by atoms with E-state index < -0.39 is 0 Å². The van der Waals surface area contributed by atoms with E-state index in [0.29, 0.717) is 13.0 Å². The minimum absolute atomic E-state index is 0.116. The van der Waals surface area contributed by atoms with Crippen LogP contribution in [0.1, 0.15) is 19.0 Å². The highest BCUT2D eigenvalue weighted by Crippen LogP contribution is 1.98. The summed E-state index contributed by atoms with van der Waals surface area (Å²) in [6.07, 6.45) is 5.43. The van der Waals surface area contributed by atoms with E-state index in [1.54, 1.807) is 30.5 Å². The van der Waals surface area contributed by atoms with Crippen LogP contribution in [0.5, 0.6) is 0 Å². The average molecular weight is 179 g/mol. The van der Waals surface area contributed by atoms with Crippen molar-refractivity contribution in [1.82, 2.24) is 14.9 Å². The van der Waals surface area contributed by atoms with E-state index in [1.807, 2.05) is 6.92 Å². The summed E-state index contributed by atoms with van der Waals surface area (Å²) in [7, 11) is 1.76. The summed E-state index contributed by atoms with van der Waals surface area (Å²) in [4.78, 5) is 20.8. The Labute approximate surface area is 77.6 Å². The topological polar surface area (TPSA) is 46.1 Å². The second kappa shape index (κ2) is 4.54. The average Bonchev–Trinajstić information content (AvgIpc) is 2.18. The second-order valence-corrected chi connectivity index (χ2v) is 2.80. The zero-order chi connectivity index (χ0) is 9.68. The molecule has 1 aromatic rings. The smallest absolute Gasteiger partial charge is 0.222 e. The molecule has 0 atom stereocenters. The van der Waals surface area contributed by atoms with E-state index in [9.17, 15) is 4.79 Å². The Morgan fingerprint density at radius 1 is 1.54 bits per heavy atom. The summed E-state index contributed by atoms with van der Waals surface area (Å²) in [6.45, 7) is 2.37. The largest absolute Gasteiger partial charge is 0.340 e. The predicted molar refractivity (Wildman–Crippen MR) is 48.8 cm³/mol. The van der Waals surface area contributed by atoms with Crippen molar-refractivity contribution >= 4 is 5.91 Å². The van der Waals surface area contributed by atoms with Crippen LogP contribution < -0.4 is 0 Å². The van der Waals surface area contributed by atoms with Gasteiger partial charge in [-0.25, -0.2) is 0 Å². The molecule has 13 heavy (non-hydrogen) atoms. The minimum Gasteiger partial charge on any atom is -0.340 e. The predicted octanol–water partition coefficient (Wildman–Crippen LogP) is 0.845. The molecule has 1 amide bonds. The molecular weight excluding hydrogens is 166 g/mol. The lowest BCUT2D eigenvalue weighted by Gasteiger charge is -2.14. The maximum absolute atomic E-state index is 11.2. The third-order valence-corrected chi connectivity index (χ3v) is 1.74. The maximum atomic E-state index is 11.2. The van der Waals surface area contributed by atoms with E-state index in [2.05, 4.69) is 9.97 Å². The first-order valence-electron chi connectivity index (χ1n) is 4.23. The zero-order valence-corrected chi connectivity index (χ0v) is 7.90. The van der Waals surface area contributed by atoms with Crippen molar-refractivity contribution in [2.24, 2.45) is 0 Å². The van der Waals surface area contributed by atoms with Gasteiger partial charge in [0, 0.05) is 25.9 Å². The molecule has 0 fully saturated rings. The van der Waals surface area contributed by atoms with Crippen LogP contribution in [0.15, 0.2) is 18.6 Å². The molecule has 0 saturated heterocycles. The highest BCUT2D eigenvalue weighted by Gasteiger charge is 2.06. The first-order chi connectivity index (χ1) is 6.24. The van der Waals surface area contributed by atoms with Gasteiger partial charge < -0.3 is 4.90 Å². The lowest BCUT2D eigenvalue weighted by atomic mass is 10.3. The van der Waals surface area contributed by atoms with Crippen LogP contribution in [0.3, 0.4) is 0 Å². The molecule has 0 aliphatic rings. The van der Waals surface area contributed by atoms with Crippen LogP contribution in [0.4, 0.5) is 0 Å². The van der Waals surface area contributed by atoms with Crippen LogP contribution in [-0.2, 0) is 11.3 Å². The van der Waals surface area contributed by atoms with Gasteiger partial charge in [-0.1, -0.05) is 6.92 Å². The Kier molecular flexibility index (Phi) is 3.37. The number of aromatic nitrogens is 2. The summed E-state index contributed by atoms with van der Waals surface area (Å²) >= 11 is 0. The van der Waals surface area contributed by atoms with E-state index in [1.165, 1.54) is 0 Å². The number of hydrogen-bond acceptors (Lipinski definition) is 3. The van der Waals surface area contributed by atoms with E-state index in [0.717, 1.165) is 5.69 Å². The Morgan fingerprint density at radius 2 is 2.31 bits per heavy atom. The molecule has 0 N–H and O–H groups in total. The number of nitrogens with zero attached hydrogens (tertiary/aromatic N) is 3. The molecular formula is C9H13N3O. The number of rotatable bonds is 3. The Morgan fingerprint density at radius 3 is 2.85 bits per heavy atom. The van der Waals surface area contributed by atoms with Gasteiger partial charge in [0.15, 0.2) is 0 Å². The molecule has 0 unspecified atom stereocenters. The second-order valence-electron chi connectivity index (χ2n) is 2.80. The first kappa shape index (κ1) is 9.64. The molecule has 0 aliphatic carbocycles. The molecule has 0 spiro atoms. The molecule has 0 aliphatic heterocycles. The number of amides is 1.